The minimum atomic E-state index is -4.10. The summed E-state index contributed by atoms with van der Waals surface area (Å²) in [6.07, 6.45) is -0.304. The van der Waals surface area contributed by atoms with Gasteiger partial charge in [0.1, 0.15) is 6.61 Å². The first kappa shape index (κ1) is 20.7. The van der Waals surface area contributed by atoms with Gasteiger partial charge in [-0.1, -0.05) is 6.07 Å². The number of carbonyl (C=O) groups excluding carboxylic acids is 1. The zero-order valence-electron chi connectivity index (χ0n) is 14.2. The highest BCUT2D eigenvalue weighted by atomic mass is 32.2. The van der Waals surface area contributed by atoms with E-state index in [4.69, 9.17) is 9.47 Å². The number of hydrogen-bond acceptors (Lipinski definition) is 5. The number of carbonyl (C=O) groups is 1. The second kappa shape index (κ2) is 8.87. The predicted octanol–water partition coefficient (Wildman–Crippen LogP) is 2.52. The van der Waals surface area contributed by atoms with Crippen LogP contribution in [0.25, 0.3) is 0 Å². The highest BCUT2D eigenvalue weighted by molar-refractivity contribution is 7.89. The van der Waals surface area contributed by atoms with Crippen molar-refractivity contribution in [3.05, 3.63) is 59.4 Å². The molecule has 0 fully saturated rings. The fourth-order valence-corrected chi connectivity index (χ4v) is 3.09. The van der Waals surface area contributed by atoms with E-state index in [2.05, 4.69) is 4.72 Å². The van der Waals surface area contributed by atoms with Crippen LogP contribution in [0.1, 0.15) is 12.0 Å². The van der Waals surface area contributed by atoms with Crippen molar-refractivity contribution in [2.24, 2.45) is 0 Å². The van der Waals surface area contributed by atoms with Crippen LogP contribution in [0.4, 0.5) is 13.2 Å². The van der Waals surface area contributed by atoms with Crippen LogP contribution in [0.15, 0.2) is 41.3 Å². The highest BCUT2D eigenvalue weighted by Crippen LogP contribution is 2.18. The monoisotopic (exact) mass is 403 g/mol. The summed E-state index contributed by atoms with van der Waals surface area (Å²) in [5, 5.41) is 0. The molecule has 10 heteroatoms. The van der Waals surface area contributed by atoms with Crippen LogP contribution in [0.5, 0.6) is 5.75 Å². The van der Waals surface area contributed by atoms with Gasteiger partial charge in [0.2, 0.25) is 10.0 Å². The molecule has 0 bridgehead atoms. The molecule has 0 spiro atoms. The summed E-state index contributed by atoms with van der Waals surface area (Å²) < 4.78 is 75.2. The maximum absolute atomic E-state index is 13.5. The van der Waals surface area contributed by atoms with E-state index in [1.807, 2.05) is 0 Å². The van der Waals surface area contributed by atoms with Gasteiger partial charge in [0.05, 0.1) is 18.4 Å². The lowest BCUT2D eigenvalue weighted by molar-refractivity contribution is -0.144. The van der Waals surface area contributed by atoms with Crippen molar-refractivity contribution in [3.8, 4) is 5.75 Å². The van der Waals surface area contributed by atoms with Gasteiger partial charge in [-0.25, -0.2) is 26.3 Å². The number of benzene rings is 2. The first-order valence-electron chi connectivity index (χ1n) is 7.65. The van der Waals surface area contributed by atoms with Gasteiger partial charge in [-0.2, -0.15) is 0 Å². The number of halogens is 3. The summed E-state index contributed by atoms with van der Waals surface area (Å²) >= 11 is 0. The van der Waals surface area contributed by atoms with Crippen LogP contribution in [-0.2, 0) is 26.2 Å². The van der Waals surface area contributed by atoms with E-state index in [1.165, 1.54) is 19.2 Å². The predicted molar refractivity (Wildman–Crippen MR) is 88.9 cm³/mol. The molecule has 0 saturated heterocycles. The molecular weight excluding hydrogens is 387 g/mol. The third-order valence-corrected chi connectivity index (χ3v) is 4.90. The Kier molecular flexibility index (Phi) is 6.81. The minimum Gasteiger partial charge on any atom is -0.494 e. The lowest BCUT2D eigenvalue weighted by Crippen LogP contribution is -2.27. The number of sulfonamides is 1. The zero-order valence-corrected chi connectivity index (χ0v) is 15.0. The number of esters is 1. The largest absolute Gasteiger partial charge is 0.494 e. The van der Waals surface area contributed by atoms with E-state index in [1.54, 1.807) is 0 Å². The topological polar surface area (TPSA) is 81.7 Å². The van der Waals surface area contributed by atoms with Gasteiger partial charge in [0, 0.05) is 6.54 Å². The molecule has 0 unspecified atom stereocenters. The average Bonchev–Trinajstić information content (AvgIpc) is 2.62. The second-order valence-corrected chi connectivity index (χ2v) is 7.12. The Labute approximate surface area is 154 Å². The van der Waals surface area contributed by atoms with Gasteiger partial charge in [0.25, 0.3) is 0 Å². The maximum Gasteiger partial charge on any atom is 0.307 e. The maximum atomic E-state index is 13.5. The van der Waals surface area contributed by atoms with Crippen LogP contribution in [0, 0.1) is 17.5 Å². The van der Waals surface area contributed by atoms with Gasteiger partial charge >= 0.3 is 5.97 Å². The molecule has 0 heterocycles. The molecule has 2 aromatic carbocycles. The van der Waals surface area contributed by atoms with Crippen LogP contribution in [-0.4, -0.2) is 28.0 Å². The molecule has 0 amide bonds. The van der Waals surface area contributed by atoms with Crippen LogP contribution in [0.3, 0.4) is 0 Å². The SMILES string of the molecule is COc1ccc(COC(=O)CCNS(=O)(=O)c2ccc(F)c(F)c2)cc1F. The summed E-state index contributed by atoms with van der Waals surface area (Å²) in [5.74, 6) is -3.75. The van der Waals surface area contributed by atoms with Crippen molar-refractivity contribution in [2.75, 3.05) is 13.7 Å². The summed E-state index contributed by atoms with van der Waals surface area (Å²) in [5.41, 5.74) is 0.393. The van der Waals surface area contributed by atoms with Gasteiger partial charge in [-0.15, -0.1) is 0 Å². The van der Waals surface area contributed by atoms with E-state index < -0.39 is 38.3 Å². The molecule has 0 atom stereocenters. The zero-order chi connectivity index (χ0) is 20.0. The Morgan fingerprint density at radius 3 is 2.41 bits per heavy atom. The first-order chi connectivity index (χ1) is 12.7. The number of rotatable bonds is 8. The number of methoxy groups -OCH3 is 1. The van der Waals surface area contributed by atoms with Crippen molar-refractivity contribution in [1.29, 1.82) is 0 Å². The van der Waals surface area contributed by atoms with Crippen molar-refractivity contribution in [3.63, 3.8) is 0 Å². The quantitative estimate of drug-likeness (QED) is 0.685. The highest BCUT2D eigenvalue weighted by Gasteiger charge is 2.17. The average molecular weight is 403 g/mol. The molecule has 1 N–H and O–H groups in total. The number of hydrogen-bond donors (Lipinski definition) is 1. The lowest BCUT2D eigenvalue weighted by atomic mass is 10.2. The van der Waals surface area contributed by atoms with Crippen LogP contribution >= 0.6 is 0 Å². The lowest BCUT2D eigenvalue weighted by Gasteiger charge is -2.08. The normalized spacial score (nSPS) is 11.3. The van der Waals surface area contributed by atoms with Crippen molar-refractivity contribution >= 4 is 16.0 Å². The minimum absolute atomic E-state index is 0.0525. The van der Waals surface area contributed by atoms with Gasteiger partial charge in [-0.05, 0) is 35.9 Å². The Morgan fingerprint density at radius 1 is 1.04 bits per heavy atom. The molecule has 0 radical (unpaired) electrons. The van der Waals surface area contributed by atoms with Crippen molar-refractivity contribution in [1.82, 2.24) is 4.72 Å². The third kappa shape index (κ3) is 5.69. The second-order valence-electron chi connectivity index (χ2n) is 5.35. The Balaban J connectivity index is 1.83. The molecule has 27 heavy (non-hydrogen) atoms. The molecule has 2 rings (SSSR count). The van der Waals surface area contributed by atoms with E-state index in [0.717, 1.165) is 12.1 Å². The molecule has 146 valence electrons. The Morgan fingerprint density at radius 2 is 1.78 bits per heavy atom. The fraction of sp³-hybridized carbons (Fsp3) is 0.235. The molecule has 0 aliphatic rings. The fourth-order valence-electron chi connectivity index (χ4n) is 2.05. The Bertz CT molecular complexity index is 934. The van der Waals surface area contributed by atoms with Gasteiger partial charge in [0.15, 0.2) is 23.2 Å². The molecule has 0 aliphatic heterocycles. The van der Waals surface area contributed by atoms with Crippen LogP contribution in [0.2, 0.25) is 0 Å². The summed E-state index contributed by atoms with van der Waals surface area (Å²) in [6.45, 7) is -0.507. The van der Waals surface area contributed by atoms with Crippen molar-refractivity contribution in [2.45, 2.75) is 17.9 Å². The van der Waals surface area contributed by atoms with Gasteiger partial charge < -0.3 is 9.47 Å². The molecular formula is C17H16F3NO5S. The Hall–Kier alpha value is -2.59. The third-order valence-electron chi connectivity index (χ3n) is 3.44. The molecule has 2 aromatic rings. The van der Waals surface area contributed by atoms with Crippen LogP contribution < -0.4 is 9.46 Å². The van der Waals surface area contributed by atoms with Gasteiger partial charge in [-0.3, -0.25) is 4.79 Å². The van der Waals surface area contributed by atoms with E-state index in [-0.39, 0.29) is 25.3 Å². The first-order valence-corrected chi connectivity index (χ1v) is 9.14. The van der Waals surface area contributed by atoms with Crippen molar-refractivity contribution < 1.29 is 35.9 Å². The molecule has 6 nitrogen and oxygen atoms in total. The summed E-state index contributed by atoms with van der Waals surface area (Å²) in [4.78, 5) is 11.2. The molecule has 0 aromatic heterocycles. The van der Waals surface area contributed by atoms with E-state index >= 15 is 0 Å². The molecule has 0 aliphatic carbocycles. The molecule has 0 saturated carbocycles. The van der Waals surface area contributed by atoms with E-state index in [0.29, 0.717) is 17.7 Å². The summed E-state index contributed by atoms with van der Waals surface area (Å²) in [7, 11) is -2.78. The summed E-state index contributed by atoms with van der Waals surface area (Å²) in [6, 6.07) is 6.17. The van der Waals surface area contributed by atoms with E-state index in [9.17, 15) is 26.4 Å². The smallest absolute Gasteiger partial charge is 0.307 e. The number of ether oxygens (including phenoxy) is 2. The number of nitrogens with one attached hydrogen (secondary N) is 1. The standard InChI is InChI=1S/C17H16F3NO5S/c1-25-16-5-2-11(8-15(16)20)10-26-17(22)6-7-21-27(23,24)12-3-4-13(18)14(19)9-12/h2-5,8-9,21H,6-7,10H2,1H3.